The summed E-state index contributed by atoms with van der Waals surface area (Å²) in [6, 6.07) is 6.34. The second-order valence-electron chi connectivity index (χ2n) is 6.70. The lowest BCUT2D eigenvalue weighted by Gasteiger charge is -2.37. The van der Waals surface area contributed by atoms with Crippen molar-refractivity contribution in [3.63, 3.8) is 0 Å². The van der Waals surface area contributed by atoms with E-state index in [1.807, 2.05) is 6.92 Å². The molecule has 2 unspecified atom stereocenters. The monoisotopic (exact) mass is 385 g/mol. The predicted molar refractivity (Wildman–Crippen MR) is 99.2 cm³/mol. The van der Waals surface area contributed by atoms with Gasteiger partial charge in [-0.05, 0) is 24.6 Å². The number of carbonyl (C=O) groups is 1. The Morgan fingerprint density at radius 1 is 1.29 bits per heavy atom. The number of methoxy groups -OCH3 is 1. The maximum atomic E-state index is 13.3. The molecule has 1 fully saturated rings. The first-order chi connectivity index (χ1) is 13.5. The van der Waals surface area contributed by atoms with Crippen LogP contribution in [0.25, 0.3) is 11.0 Å². The van der Waals surface area contributed by atoms with E-state index in [4.69, 9.17) is 9.47 Å². The SMILES string of the molecule is COC(=O)Cn1ncc2c(N3CC(C)OC(c4ccc(F)cc4)C3)ncnc21. The van der Waals surface area contributed by atoms with Crippen molar-refractivity contribution in [2.45, 2.75) is 25.7 Å². The molecule has 28 heavy (non-hydrogen) atoms. The fraction of sp³-hybridized carbons (Fsp3) is 0.368. The zero-order chi connectivity index (χ0) is 19.7. The Labute approximate surface area is 160 Å². The third-order valence-corrected chi connectivity index (χ3v) is 4.72. The van der Waals surface area contributed by atoms with Crippen molar-refractivity contribution in [1.82, 2.24) is 19.7 Å². The molecule has 0 bridgehead atoms. The van der Waals surface area contributed by atoms with Crippen molar-refractivity contribution in [2.24, 2.45) is 0 Å². The number of morpholine rings is 1. The highest BCUT2D eigenvalue weighted by atomic mass is 19.1. The predicted octanol–water partition coefficient (Wildman–Crippen LogP) is 2.10. The fourth-order valence-electron chi connectivity index (χ4n) is 3.42. The number of anilines is 1. The Hall–Kier alpha value is -3.07. The van der Waals surface area contributed by atoms with Crippen LogP contribution in [0.2, 0.25) is 0 Å². The average Bonchev–Trinajstić information content (AvgIpc) is 3.11. The van der Waals surface area contributed by atoms with Gasteiger partial charge in [-0.1, -0.05) is 12.1 Å². The first-order valence-corrected chi connectivity index (χ1v) is 8.94. The van der Waals surface area contributed by atoms with Gasteiger partial charge < -0.3 is 14.4 Å². The van der Waals surface area contributed by atoms with Gasteiger partial charge in [-0.25, -0.2) is 19.0 Å². The summed E-state index contributed by atoms with van der Waals surface area (Å²) in [7, 11) is 1.33. The standard InChI is InChI=1S/C19H20FN5O3/c1-12-8-24(9-16(28-12)13-3-5-14(20)6-4-13)18-15-7-23-25(10-17(26)27-2)19(15)22-11-21-18/h3-7,11-12,16H,8-10H2,1-2H3. The molecule has 8 nitrogen and oxygen atoms in total. The molecule has 2 atom stereocenters. The molecule has 1 aliphatic heterocycles. The van der Waals surface area contributed by atoms with Crippen LogP contribution in [0.5, 0.6) is 0 Å². The lowest BCUT2D eigenvalue weighted by Crippen LogP contribution is -2.43. The molecule has 9 heteroatoms. The maximum Gasteiger partial charge on any atom is 0.327 e. The summed E-state index contributed by atoms with van der Waals surface area (Å²) >= 11 is 0. The molecule has 3 heterocycles. The topological polar surface area (TPSA) is 82.4 Å². The third kappa shape index (κ3) is 3.53. The van der Waals surface area contributed by atoms with Crippen LogP contribution in [-0.4, -0.2) is 52.0 Å². The van der Waals surface area contributed by atoms with E-state index < -0.39 is 5.97 Å². The molecule has 0 saturated carbocycles. The number of hydrogen-bond acceptors (Lipinski definition) is 7. The van der Waals surface area contributed by atoms with Crippen LogP contribution in [0.15, 0.2) is 36.8 Å². The van der Waals surface area contributed by atoms with Gasteiger partial charge in [0.1, 0.15) is 30.6 Å². The molecule has 1 aromatic carbocycles. The van der Waals surface area contributed by atoms with Crippen LogP contribution in [0.1, 0.15) is 18.6 Å². The van der Waals surface area contributed by atoms with Crippen LogP contribution in [0, 0.1) is 5.82 Å². The Balaban J connectivity index is 1.65. The van der Waals surface area contributed by atoms with E-state index in [0.29, 0.717) is 18.7 Å². The number of esters is 1. The van der Waals surface area contributed by atoms with Gasteiger partial charge in [-0.15, -0.1) is 0 Å². The Bertz CT molecular complexity index is 991. The molecule has 0 aliphatic carbocycles. The zero-order valence-electron chi connectivity index (χ0n) is 15.6. The summed E-state index contributed by atoms with van der Waals surface area (Å²) in [5.74, 6) is 0.0462. The number of carbonyl (C=O) groups excluding carboxylic acids is 1. The highest BCUT2D eigenvalue weighted by Gasteiger charge is 2.29. The maximum absolute atomic E-state index is 13.3. The molecule has 1 saturated heterocycles. The Morgan fingerprint density at radius 2 is 2.07 bits per heavy atom. The molecule has 4 rings (SSSR count). The zero-order valence-corrected chi connectivity index (χ0v) is 15.6. The van der Waals surface area contributed by atoms with Gasteiger partial charge in [0.15, 0.2) is 5.65 Å². The summed E-state index contributed by atoms with van der Waals surface area (Å²) in [5, 5.41) is 5.01. The highest BCUT2D eigenvalue weighted by molar-refractivity contribution is 5.87. The van der Waals surface area contributed by atoms with Crippen molar-refractivity contribution in [3.05, 3.63) is 48.2 Å². The number of nitrogens with zero attached hydrogens (tertiary/aromatic N) is 5. The van der Waals surface area contributed by atoms with Crippen LogP contribution in [0.3, 0.4) is 0 Å². The van der Waals surface area contributed by atoms with Crippen LogP contribution < -0.4 is 4.90 Å². The minimum Gasteiger partial charge on any atom is -0.468 e. The van der Waals surface area contributed by atoms with Gasteiger partial charge in [0.05, 0.1) is 24.8 Å². The first kappa shape index (κ1) is 18.3. The number of hydrogen-bond donors (Lipinski definition) is 0. The normalized spacial score (nSPS) is 19.8. The number of fused-ring (bicyclic) bond motifs is 1. The number of ether oxygens (including phenoxy) is 2. The Kier molecular flexibility index (Phi) is 4.91. The van der Waals surface area contributed by atoms with E-state index in [1.54, 1.807) is 18.3 Å². The van der Waals surface area contributed by atoms with Gasteiger partial charge in [0.25, 0.3) is 0 Å². The molecular weight excluding hydrogens is 365 g/mol. The van der Waals surface area contributed by atoms with Crippen molar-refractivity contribution < 1.29 is 18.7 Å². The number of rotatable bonds is 4. The summed E-state index contributed by atoms with van der Waals surface area (Å²) in [4.78, 5) is 22.4. The molecule has 0 amide bonds. The van der Waals surface area contributed by atoms with E-state index in [-0.39, 0.29) is 24.6 Å². The average molecular weight is 385 g/mol. The Morgan fingerprint density at radius 3 is 2.82 bits per heavy atom. The van der Waals surface area contributed by atoms with Gasteiger partial charge in [-0.3, -0.25) is 4.79 Å². The molecule has 1 aliphatic rings. The highest BCUT2D eigenvalue weighted by Crippen LogP contribution is 2.31. The second kappa shape index (κ2) is 7.51. The van der Waals surface area contributed by atoms with E-state index in [2.05, 4.69) is 20.0 Å². The van der Waals surface area contributed by atoms with E-state index >= 15 is 0 Å². The van der Waals surface area contributed by atoms with Crippen LogP contribution in [-0.2, 0) is 20.8 Å². The lowest BCUT2D eigenvalue weighted by molar-refractivity contribution is -0.141. The fourth-order valence-corrected chi connectivity index (χ4v) is 3.42. The molecule has 2 aromatic heterocycles. The third-order valence-electron chi connectivity index (χ3n) is 4.72. The summed E-state index contributed by atoms with van der Waals surface area (Å²) < 4.78 is 25.5. The summed E-state index contributed by atoms with van der Waals surface area (Å²) in [5.41, 5.74) is 1.47. The summed E-state index contributed by atoms with van der Waals surface area (Å²) in [6.07, 6.45) is 2.86. The van der Waals surface area contributed by atoms with Gasteiger partial charge in [0.2, 0.25) is 0 Å². The van der Waals surface area contributed by atoms with E-state index in [1.165, 1.54) is 30.3 Å². The number of aromatic nitrogens is 4. The molecule has 146 valence electrons. The summed E-state index contributed by atoms with van der Waals surface area (Å²) in [6.45, 7) is 3.17. The van der Waals surface area contributed by atoms with Crippen LogP contribution in [0.4, 0.5) is 10.2 Å². The largest absolute Gasteiger partial charge is 0.468 e. The van der Waals surface area contributed by atoms with Crippen molar-refractivity contribution in [1.29, 1.82) is 0 Å². The molecule has 0 spiro atoms. The van der Waals surface area contributed by atoms with E-state index in [0.717, 1.165) is 16.8 Å². The molecule has 3 aromatic rings. The van der Waals surface area contributed by atoms with Gasteiger partial charge in [-0.2, -0.15) is 5.10 Å². The van der Waals surface area contributed by atoms with Crippen molar-refractivity contribution >= 4 is 22.8 Å². The van der Waals surface area contributed by atoms with Crippen molar-refractivity contribution in [2.75, 3.05) is 25.1 Å². The lowest BCUT2D eigenvalue weighted by atomic mass is 10.1. The quantitative estimate of drug-likeness (QED) is 0.636. The van der Waals surface area contributed by atoms with E-state index in [9.17, 15) is 9.18 Å². The van der Waals surface area contributed by atoms with Gasteiger partial charge in [0, 0.05) is 13.1 Å². The smallest absolute Gasteiger partial charge is 0.327 e. The minimum absolute atomic E-state index is 0.0197. The van der Waals surface area contributed by atoms with Gasteiger partial charge >= 0.3 is 5.97 Å². The minimum atomic E-state index is -0.401. The number of halogens is 1. The second-order valence-corrected chi connectivity index (χ2v) is 6.70. The first-order valence-electron chi connectivity index (χ1n) is 8.94. The molecule has 0 N–H and O–H groups in total. The molecular formula is C19H20FN5O3. The van der Waals surface area contributed by atoms with Crippen molar-refractivity contribution in [3.8, 4) is 0 Å². The van der Waals surface area contributed by atoms with Crippen LogP contribution >= 0.6 is 0 Å². The molecule has 0 radical (unpaired) electrons. The number of benzene rings is 1.